The molecule has 0 aliphatic heterocycles. The smallest absolute Gasteiger partial charge is 0.121 e. The largest absolute Gasteiger partial charge is 0.382 e. The number of benzene rings is 1. The Hall–Kier alpha value is -1.67. The topological polar surface area (TPSA) is 33.1 Å². The minimum atomic E-state index is -0.638. The molecule has 0 fully saturated rings. The molecule has 0 saturated carbocycles. The first-order valence-electron chi connectivity index (χ1n) is 5.34. The van der Waals surface area contributed by atoms with E-state index in [-0.39, 0.29) is 0 Å². The van der Waals surface area contributed by atoms with Crippen LogP contribution in [0.3, 0.4) is 0 Å². The average molecular weight is 213 g/mol. The normalized spacial score (nSPS) is 12.4. The van der Waals surface area contributed by atoms with E-state index < -0.39 is 6.10 Å². The van der Waals surface area contributed by atoms with Gasteiger partial charge in [-0.15, -0.1) is 0 Å². The fourth-order valence-corrected chi connectivity index (χ4v) is 1.78. The molecule has 0 spiro atoms. The molecule has 1 aromatic carbocycles. The van der Waals surface area contributed by atoms with Crippen LogP contribution in [0, 0.1) is 13.8 Å². The molecule has 0 aliphatic carbocycles. The van der Waals surface area contributed by atoms with Crippen LogP contribution in [0.4, 0.5) is 0 Å². The highest BCUT2D eigenvalue weighted by molar-refractivity contribution is 5.32. The predicted octanol–water partition coefficient (Wildman–Crippen LogP) is 2.78. The second kappa shape index (κ2) is 4.45. The van der Waals surface area contributed by atoms with Crippen LogP contribution in [0.15, 0.2) is 42.6 Å². The van der Waals surface area contributed by atoms with E-state index in [4.69, 9.17) is 0 Å². The lowest BCUT2D eigenvalue weighted by Gasteiger charge is -2.13. The Morgan fingerprint density at radius 1 is 1.12 bits per heavy atom. The van der Waals surface area contributed by atoms with E-state index in [9.17, 15) is 5.11 Å². The summed E-state index contributed by atoms with van der Waals surface area (Å²) in [5.41, 5.74) is 3.77. The zero-order chi connectivity index (χ0) is 11.5. The van der Waals surface area contributed by atoms with Crippen molar-refractivity contribution in [3.63, 3.8) is 0 Å². The van der Waals surface area contributed by atoms with Crippen LogP contribution < -0.4 is 0 Å². The summed E-state index contributed by atoms with van der Waals surface area (Å²) in [4.78, 5) is 4.23. The molecule has 0 bridgehead atoms. The Labute approximate surface area is 95.6 Å². The summed E-state index contributed by atoms with van der Waals surface area (Å²) in [6.45, 7) is 3.98. The molecule has 2 nitrogen and oxygen atoms in total. The number of hydrogen-bond donors (Lipinski definition) is 1. The zero-order valence-corrected chi connectivity index (χ0v) is 9.51. The highest BCUT2D eigenvalue weighted by Gasteiger charge is 2.13. The summed E-state index contributed by atoms with van der Waals surface area (Å²) in [6.07, 6.45) is 1.07. The van der Waals surface area contributed by atoms with Crippen LogP contribution in [0.2, 0.25) is 0 Å². The predicted molar refractivity (Wildman–Crippen MR) is 64.2 cm³/mol. The molecule has 82 valence electrons. The minimum Gasteiger partial charge on any atom is -0.382 e. The average Bonchev–Trinajstić information content (AvgIpc) is 2.29. The highest BCUT2D eigenvalue weighted by atomic mass is 16.3. The van der Waals surface area contributed by atoms with Crippen molar-refractivity contribution < 1.29 is 5.11 Å². The zero-order valence-electron chi connectivity index (χ0n) is 9.51. The maximum absolute atomic E-state index is 10.2. The standard InChI is InChI=1S/C14H15NO/c1-10-5-3-7-12(9-10)14(16)13-11(2)6-4-8-15-13/h3-9,14,16H,1-2H3. The van der Waals surface area contributed by atoms with Gasteiger partial charge in [0, 0.05) is 6.20 Å². The molecule has 1 heterocycles. The number of rotatable bonds is 2. The summed E-state index contributed by atoms with van der Waals surface area (Å²) < 4.78 is 0. The molecule has 1 atom stereocenters. The van der Waals surface area contributed by atoms with Gasteiger partial charge in [0.1, 0.15) is 6.10 Å². The SMILES string of the molecule is Cc1cccc(C(O)c2ncccc2C)c1. The number of nitrogens with zero attached hydrogens (tertiary/aromatic N) is 1. The third-order valence-electron chi connectivity index (χ3n) is 2.67. The lowest BCUT2D eigenvalue weighted by molar-refractivity contribution is 0.214. The summed E-state index contributed by atoms with van der Waals surface area (Å²) in [6, 6.07) is 11.7. The fourth-order valence-electron chi connectivity index (χ4n) is 1.78. The van der Waals surface area contributed by atoms with Gasteiger partial charge in [0.15, 0.2) is 0 Å². The number of hydrogen-bond acceptors (Lipinski definition) is 2. The molecule has 0 radical (unpaired) electrons. The van der Waals surface area contributed by atoms with Crippen molar-refractivity contribution in [2.75, 3.05) is 0 Å². The van der Waals surface area contributed by atoms with E-state index in [1.807, 2.05) is 50.2 Å². The van der Waals surface area contributed by atoms with Crippen molar-refractivity contribution in [3.8, 4) is 0 Å². The number of pyridine rings is 1. The molecule has 0 aliphatic rings. The van der Waals surface area contributed by atoms with Gasteiger partial charge in [-0.05, 0) is 31.0 Å². The van der Waals surface area contributed by atoms with Crippen molar-refractivity contribution in [3.05, 3.63) is 65.0 Å². The third kappa shape index (κ3) is 2.12. The van der Waals surface area contributed by atoms with Crippen LogP contribution in [0.5, 0.6) is 0 Å². The lowest BCUT2D eigenvalue weighted by Crippen LogP contribution is -2.04. The maximum atomic E-state index is 10.2. The minimum absolute atomic E-state index is 0.638. The van der Waals surface area contributed by atoms with E-state index in [0.717, 1.165) is 22.4 Å². The Morgan fingerprint density at radius 3 is 2.62 bits per heavy atom. The first-order valence-corrected chi connectivity index (χ1v) is 5.34. The first kappa shape index (κ1) is 10.8. The molecule has 0 amide bonds. The van der Waals surface area contributed by atoms with Crippen molar-refractivity contribution in [2.24, 2.45) is 0 Å². The van der Waals surface area contributed by atoms with Gasteiger partial charge < -0.3 is 5.11 Å². The van der Waals surface area contributed by atoms with Crippen LogP contribution in [-0.4, -0.2) is 10.1 Å². The van der Waals surface area contributed by atoms with Crippen LogP contribution in [0.1, 0.15) is 28.5 Å². The van der Waals surface area contributed by atoms with Gasteiger partial charge >= 0.3 is 0 Å². The van der Waals surface area contributed by atoms with Gasteiger partial charge in [-0.2, -0.15) is 0 Å². The highest BCUT2D eigenvalue weighted by Crippen LogP contribution is 2.22. The van der Waals surface area contributed by atoms with Crippen molar-refractivity contribution in [1.82, 2.24) is 4.98 Å². The maximum Gasteiger partial charge on any atom is 0.121 e. The molecular formula is C14H15NO. The summed E-state index contributed by atoms with van der Waals surface area (Å²) in [5, 5.41) is 10.2. The van der Waals surface area contributed by atoms with Gasteiger partial charge in [-0.3, -0.25) is 4.98 Å². The summed E-state index contributed by atoms with van der Waals surface area (Å²) in [7, 11) is 0. The van der Waals surface area contributed by atoms with Crippen molar-refractivity contribution in [2.45, 2.75) is 20.0 Å². The van der Waals surface area contributed by atoms with E-state index in [0.29, 0.717) is 0 Å². The van der Waals surface area contributed by atoms with Gasteiger partial charge in [0.2, 0.25) is 0 Å². The van der Waals surface area contributed by atoms with E-state index in [1.165, 1.54) is 0 Å². The van der Waals surface area contributed by atoms with Gasteiger partial charge in [-0.25, -0.2) is 0 Å². The number of aryl methyl sites for hydroxylation is 2. The number of aliphatic hydroxyl groups excluding tert-OH is 1. The van der Waals surface area contributed by atoms with Crippen molar-refractivity contribution in [1.29, 1.82) is 0 Å². The Morgan fingerprint density at radius 2 is 1.94 bits per heavy atom. The van der Waals surface area contributed by atoms with Crippen LogP contribution in [-0.2, 0) is 0 Å². The van der Waals surface area contributed by atoms with Crippen LogP contribution >= 0.6 is 0 Å². The van der Waals surface area contributed by atoms with Crippen LogP contribution in [0.25, 0.3) is 0 Å². The van der Waals surface area contributed by atoms with E-state index in [1.54, 1.807) is 6.20 Å². The van der Waals surface area contributed by atoms with E-state index >= 15 is 0 Å². The molecule has 1 N–H and O–H groups in total. The van der Waals surface area contributed by atoms with E-state index in [2.05, 4.69) is 4.98 Å². The monoisotopic (exact) mass is 213 g/mol. The lowest BCUT2D eigenvalue weighted by atomic mass is 10.0. The number of aliphatic hydroxyl groups is 1. The summed E-state index contributed by atoms with van der Waals surface area (Å²) >= 11 is 0. The Balaban J connectivity index is 2.39. The molecule has 2 heteroatoms. The van der Waals surface area contributed by atoms with Gasteiger partial charge in [-0.1, -0.05) is 35.9 Å². The van der Waals surface area contributed by atoms with Gasteiger partial charge in [0.05, 0.1) is 5.69 Å². The Kier molecular flexibility index (Phi) is 3.02. The third-order valence-corrected chi connectivity index (χ3v) is 2.67. The fraction of sp³-hybridized carbons (Fsp3) is 0.214. The van der Waals surface area contributed by atoms with Crippen molar-refractivity contribution >= 4 is 0 Å². The first-order chi connectivity index (χ1) is 7.68. The molecule has 1 unspecified atom stereocenters. The molecule has 2 aromatic rings. The second-order valence-corrected chi connectivity index (χ2v) is 4.02. The second-order valence-electron chi connectivity index (χ2n) is 4.02. The molecule has 1 aromatic heterocycles. The quantitative estimate of drug-likeness (QED) is 0.832. The Bertz CT molecular complexity index is 494. The molecule has 2 rings (SSSR count). The number of aromatic nitrogens is 1. The van der Waals surface area contributed by atoms with Gasteiger partial charge in [0.25, 0.3) is 0 Å². The molecule has 16 heavy (non-hydrogen) atoms. The molecular weight excluding hydrogens is 198 g/mol. The molecule has 0 saturated heterocycles. The summed E-state index contributed by atoms with van der Waals surface area (Å²) in [5.74, 6) is 0.